The number of carbonyl (C=O) groups excluding carboxylic acids is 2. The molecule has 54 heavy (non-hydrogen) atoms. The first-order valence-electron chi connectivity index (χ1n) is 21.5. The Kier molecular flexibility index (Phi) is 11.1. The van der Waals surface area contributed by atoms with E-state index in [4.69, 9.17) is 23.7 Å². The van der Waals surface area contributed by atoms with Crippen LogP contribution in [0.4, 0.5) is 0 Å². The van der Waals surface area contributed by atoms with Crippen LogP contribution in [0.3, 0.4) is 0 Å². The van der Waals surface area contributed by atoms with E-state index in [1.165, 1.54) is 32.6 Å². The van der Waals surface area contributed by atoms with Crippen molar-refractivity contribution in [1.29, 1.82) is 0 Å². The van der Waals surface area contributed by atoms with Gasteiger partial charge in [0.15, 0.2) is 12.4 Å². The third-order valence-electron chi connectivity index (χ3n) is 17.4. The molecule has 2 saturated heterocycles. The lowest BCUT2D eigenvalue weighted by Gasteiger charge is -2.63. The number of carbonyl (C=O) groups is 2. The van der Waals surface area contributed by atoms with Crippen molar-refractivity contribution in [3.8, 4) is 0 Å². The van der Waals surface area contributed by atoms with Gasteiger partial charge in [-0.1, -0.05) is 34.6 Å². The molecule has 0 radical (unpaired) electrons. The second kappa shape index (κ2) is 14.6. The molecule has 0 aromatic carbocycles. The second-order valence-corrected chi connectivity index (χ2v) is 20.9. The fourth-order valence-electron chi connectivity index (χ4n) is 14.6. The lowest BCUT2D eigenvalue weighted by Crippen LogP contribution is -2.60. The van der Waals surface area contributed by atoms with Gasteiger partial charge >= 0.3 is 5.97 Å². The second-order valence-electron chi connectivity index (χ2n) is 20.9. The molecule has 7 fully saturated rings. The number of likely N-dealkylation sites (tertiary alicyclic amines) is 1. The number of morpholine rings is 1. The van der Waals surface area contributed by atoms with Gasteiger partial charge in [0.2, 0.25) is 0 Å². The summed E-state index contributed by atoms with van der Waals surface area (Å²) in [6, 6.07) is 0. The van der Waals surface area contributed by atoms with Crippen molar-refractivity contribution in [1.82, 2.24) is 9.80 Å². The monoisotopic (exact) mass is 759 g/mol. The minimum atomic E-state index is -1.25. The van der Waals surface area contributed by atoms with E-state index in [2.05, 4.69) is 44.4 Å². The van der Waals surface area contributed by atoms with Gasteiger partial charge in [-0.05, 0) is 116 Å². The third kappa shape index (κ3) is 6.56. The SMILES string of the molecule is COCCN1CC(CN2CCO[C@@H](O[C@H]3CC[C@]45CC46CC[C@]4(C)[C@@H]([C@H](C)CC(OC)[C@H](OC(C)=O)C(C)(C)O)CC(=O)[C@@]4(C)C6CC[C@H]5C3(C)C)C2)C1. The summed E-state index contributed by atoms with van der Waals surface area (Å²) in [6.07, 6.45) is 8.07. The maximum atomic E-state index is 14.6. The molecule has 2 aliphatic heterocycles. The molecule has 0 aromatic rings. The highest BCUT2D eigenvalue weighted by atomic mass is 16.7. The predicted molar refractivity (Wildman–Crippen MR) is 207 cm³/mol. The molecule has 0 bridgehead atoms. The van der Waals surface area contributed by atoms with Gasteiger partial charge in [0.1, 0.15) is 5.78 Å². The summed E-state index contributed by atoms with van der Waals surface area (Å²) >= 11 is 0. The Morgan fingerprint density at radius 2 is 1.70 bits per heavy atom. The third-order valence-corrected chi connectivity index (χ3v) is 17.4. The first kappa shape index (κ1) is 41.0. The maximum absolute atomic E-state index is 14.6. The molecule has 3 unspecified atom stereocenters. The fourth-order valence-corrected chi connectivity index (χ4v) is 14.6. The molecule has 7 rings (SSSR count). The van der Waals surface area contributed by atoms with E-state index in [1.54, 1.807) is 28.1 Å². The number of methoxy groups -OCH3 is 2. The van der Waals surface area contributed by atoms with E-state index < -0.39 is 23.8 Å². The summed E-state index contributed by atoms with van der Waals surface area (Å²) in [5.41, 5.74) is -1.13. The quantitative estimate of drug-likeness (QED) is 0.213. The number of aliphatic hydroxyl groups is 1. The molecule has 7 aliphatic rings. The minimum absolute atomic E-state index is 0.0424. The number of esters is 1. The Labute approximate surface area is 326 Å². The zero-order chi connectivity index (χ0) is 39.1. The highest BCUT2D eigenvalue weighted by Crippen LogP contribution is 2.88. The molecule has 1 N–H and O–H groups in total. The van der Waals surface area contributed by atoms with Crippen LogP contribution in [-0.4, -0.2) is 124 Å². The van der Waals surface area contributed by atoms with E-state index in [0.29, 0.717) is 35.9 Å². The first-order chi connectivity index (χ1) is 25.4. The van der Waals surface area contributed by atoms with Crippen LogP contribution < -0.4 is 0 Å². The molecule has 2 heterocycles. The Hall–Kier alpha value is -1.14. The molecule has 0 amide bonds. The Balaban J connectivity index is 1.01. The van der Waals surface area contributed by atoms with Crippen molar-refractivity contribution >= 4 is 11.8 Å². The number of nitrogens with zero attached hydrogens (tertiary/aromatic N) is 2. The number of rotatable bonds is 14. The van der Waals surface area contributed by atoms with Gasteiger partial charge in [-0.15, -0.1) is 0 Å². The molecule has 5 aliphatic carbocycles. The normalized spacial score (nSPS) is 42.5. The molecule has 10 nitrogen and oxygen atoms in total. The van der Waals surface area contributed by atoms with Gasteiger partial charge in [0.05, 0.1) is 31.0 Å². The summed E-state index contributed by atoms with van der Waals surface area (Å²) < 4.78 is 30.1. The van der Waals surface area contributed by atoms with Crippen LogP contribution >= 0.6 is 0 Å². The molecular formula is C44H74N2O8. The van der Waals surface area contributed by atoms with Crippen LogP contribution in [0.1, 0.15) is 113 Å². The molecule has 10 heteroatoms. The Bertz CT molecular complexity index is 1390. The van der Waals surface area contributed by atoms with Gasteiger partial charge in [0, 0.05) is 72.2 Å². The summed E-state index contributed by atoms with van der Waals surface area (Å²) in [7, 11) is 3.41. The number of fused-ring (bicyclic) bond motifs is 2. The maximum Gasteiger partial charge on any atom is 0.303 e. The molecule has 5 saturated carbocycles. The van der Waals surface area contributed by atoms with Gasteiger partial charge < -0.3 is 33.7 Å². The average Bonchev–Trinajstić information content (AvgIpc) is 3.71. The van der Waals surface area contributed by atoms with Crippen molar-refractivity contribution < 1.29 is 38.4 Å². The van der Waals surface area contributed by atoms with Crippen molar-refractivity contribution in [3.63, 3.8) is 0 Å². The lowest BCUT2D eigenvalue weighted by molar-refractivity contribution is -0.248. The zero-order valence-corrected chi connectivity index (χ0v) is 35.4. The van der Waals surface area contributed by atoms with Crippen LogP contribution in [0.25, 0.3) is 0 Å². The van der Waals surface area contributed by atoms with Gasteiger partial charge in [-0.3, -0.25) is 14.5 Å². The molecule has 12 atom stereocenters. The van der Waals surface area contributed by atoms with Gasteiger partial charge in [0.25, 0.3) is 0 Å². The van der Waals surface area contributed by atoms with Crippen molar-refractivity contribution in [2.24, 2.45) is 56.7 Å². The first-order valence-corrected chi connectivity index (χ1v) is 21.5. The van der Waals surface area contributed by atoms with Crippen LogP contribution in [0.15, 0.2) is 0 Å². The molecule has 0 aromatic heterocycles. The Morgan fingerprint density at radius 1 is 1.00 bits per heavy atom. The molecule has 308 valence electrons. The number of hydrogen-bond donors (Lipinski definition) is 1. The summed E-state index contributed by atoms with van der Waals surface area (Å²) in [5.74, 6) is 2.13. The number of ether oxygens (including phenoxy) is 5. The van der Waals surface area contributed by atoms with Crippen molar-refractivity contribution in [2.45, 2.75) is 143 Å². The van der Waals surface area contributed by atoms with E-state index >= 15 is 0 Å². The summed E-state index contributed by atoms with van der Waals surface area (Å²) in [5, 5.41) is 11.0. The van der Waals surface area contributed by atoms with E-state index in [1.807, 2.05) is 0 Å². The summed E-state index contributed by atoms with van der Waals surface area (Å²) in [4.78, 5) is 31.7. The largest absolute Gasteiger partial charge is 0.457 e. The lowest BCUT2D eigenvalue weighted by atomic mass is 9.41. The fraction of sp³-hybridized carbons (Fsp3) is 0.955. The highest BCUT2D eigenvalue weighted by molar-refractivity contribution is 5.89. The van der Waals surface area contributed by atoms with Crippen LogP contribution in [0, 0.1) is 56.7 Å². The number of ketones is 1. The molecular weight excluding hydrogens is 684 g/mol. The van der Waals surface area contributed by atoms with E-state index in [-0.39, 0.29) is 45.9 Å². The van der Waals surface area contributed by atoms with Crippen LogP contribution in [-0.2, 0) is 33.3 Å². The van der Waals surface area contributed by atoms with E-state index in [0.717, 1.165) is 77.7 Å². The zero-order valence-electron chi connectivity index (χ0n) is 35.4. The molecule has 2 spiro atoms. The number of Topliss-reactive ketones (excluding diaryl/α,β-unsaturated/α-hetero) is 1. The van der Waals surface area contributed by atoms with Crippen molar-refractivity contribution in [3.05, 3.63) is 0 Å². The summed E-state index contributed by atoms with van der Waals surface area (Å²) in [6.45, 7) is 24.6. The minimum Gasteiger partial charge on any atom is -0.457 e. The van der Waals surface area contributed by atoms with E-state index in [9.17, 15) is 14.7 Å². The number of hydrogen-bond acceptors (Lipinski definition) is 10. The standard InChI is InChI=1S/C44H74N2O8/c1-28(21-32(51-10)38(40(5,6)49)53-29(2)47)31-22-35(48)42(8)34-12-11-33-39(3,4)36(13-14-43(33)27-44(34,43)16-15-41(31,42)7)54-37-26-46(18-20-52-37)25-30-23-45(24-30)17-19-50-9/h28,30-34,36-38,49H,11-27H2,1-10H3/t28-,31-,32?,33+,34?,36+,37+,38+,41-,42-,43-,44?/m1/s1. The highest BCUT2D eigenvalue weighted by Gasteiger charge is 2.83. The van der Waals surface area contributed by atoms with Crippen molar-refractivity contribution in [2.75, 3.05) is 66.7 Å². The average molecular weight is 759 g/mol. The van der Waals surface area contributed by atoms with Gasteiger partial charge in [-0.2, -0.15) is 0 Å². The van der Waals surface area contributed by atoms with Crippen LogP contribution in [0.5, 0.6) is 0 Å². The Morgan fingerprint density at radius 3 is 2.37 bits per heavy atom. The topological polar surface area (TPSA) is 107 Å². The van der Waals surface area contributed by atoms with Crippen LogP contribution in [0.2, 0.25) is 0 Å². The smallest absolute Gasteiger partial charge is 0.303 e. The van der Waals surface area contributed by atoms with Gasteiger partial charge in [-0.25, -0.2) is 0 Å². The predicted octanol–water partition coefficient (Wildman–Crippen LogP) is 5.97.